The Morgan fingerprint density at radius 1 is 0.424 bits per heavy atom. The molecule has 300 valence electrons. The molecule has 4 aromatic carbocycles. The molecule has 0 aliphatic carbocycles. The molecule has 0 atom stereocenters. The van der Waals surface area contributed by atoms with Crippen LogP contribution in [0.5, 0.6) is 0 Å². The fourth-order valence-corrected chi connectivity index (χ4v) is 11.5. The third kappa shape index (κ3) is 7.32. The second-order valence-electron chi connectivity index (χ2n) is 12.1. The van der Waals surface area contributed by atoms with Crippen LogP contribution in [-0.4, -0.2) is 86.8 Å². The molecule has 7 aromatic rings. The van der Waals surface area contributed by atoms with Gasteiger partial charge < -0.3 is 38.1 Å². The van der Waals surface area contributed by atoms with E-state index in [2.05, 4.69) is 39.9 Å². The van der Waals surface area contributed by atoms with E-state index in [1.807, 2.05) is 0 Å². The predicted molar refractivity (Wildman–Crippen MR) is 187 cm³/mol. The van der Waals surface area contributed by atoms with E-state index in [0.29, 0.717) is 21.9 Å². The van der Waals surface area contributed by atoms with Crippen molar-refractivity contribution in [2.24, 2.45) is 0 Å². The Bertz CT molecular complexity index is 3400. The van der Waals surface area contributed by atoms with E-state index in [9.17, 15) is 51.9 Å². The van der Waals surface area contributed by atoms with Crippen LogP contribution in [0.1, 0.15) is 0 Å². The van der Waals surface area contributed by atoms with Gasteiger partial charge in [0.25, 0.3) is 0 Å². The van der Waals surface area contributed by atoms with Gasteiger partial charge >= 0.3 is 63.7 Å². The summed E-state index contributed by atoms with van der Waals surface area (Å²) in [5.41, 5.74) is -0.617. The van der Waals surface area contributed by atoms with E-state index in [0.717, 1.165) is 0 Å². The maximum atomic E-state index is 13.0. The van der Waals surface area contributed by atoms with Gasteiger partial charge in [-0.2, -0.15) is 0 Å². The quantitative estimate of drug-likeness (QED) is 0.165. The smallest absolute Gasteiger partial charge is 0.744 e. The minimum atomic E-state index is -6.60. The first-order chi connectivity index (χ1) is 26.3. The summed E-state index contributed by atoms with van der Waals surface area (Å²) in [6, 6.07) is 19.4. The van der Waals surface area contributed by atoms with Crippen LogP contribution in [-0.2, 0) is 74.6 Å². The maximum absolute atomic E-state index is 13.0. The minimum absolute atomic E-state index is 0. The summed E-state index contributed by atoms with van der Waals surface area (Å²) < 4.78 is 154. The van der Waals surface area contributed by atoms with Gasteiger partial charge in [0.2, 0.25) is 0 Å². The molecule has 0 saturated heterocycles. The monoisotopic (exact) mass is 978 g/mol. The molecule has 2 aliphatic heterocycles. The Labute approximate surface area is 374 Å². The second-order valence-corrected chi connectivity index (χ2v) is 17.3. The van der Waals surface area contributed by atoms with Gasteiger partial charge in [0.1, 0.15) is 51.8 Å². The largest absolute Gasteiger partial charge is 2.00 e. The first kappa shape index (κ1) is 44.5. The van der Waals surface area contributed by atoms with E-state index in [4.69, 9.17) is 0 Å². The van der Waals surface area contributed by atoms with Gasteiger partial charge in [-0.15, -0.1) is 0 Å². The zero-order valence-electron chi connectivity index (χ0n) is 28.7. The molecule has 27 heteroatoms. The number of H-pyrrole nitrogens is 1. The molecular weight excluding hydrogens is 967 g/mol. The van der Waals surface area contributed by atoms with Crippen molar-refractivity contribution in [3.05, 3.63) is 72.8 Å². The molecule has 20 nitrogen and oxygen atoms in total. The van der Waals surface area contributed by atoms with Crippen molar-refractivity contribution in [3.63, 3.8) is 0 Å². The normalized spacial score (nSPS) is 12.5. The van der Waals surface area contributed by atoms with Gasteiger partial charge in [-0.05, 0) is 10.8 Å². The van der Waals surface area contributed by atoms with Crippen LogP contribution >= 0.6 is 0 Å². The average Bonchev–Trinajstić information content (AvgIpc) is 3.84. The van der Waals surface area contributed by atoms with Crippen LogP contribution in [0.3, 0.4) is 0 Å². The zero-order chi connectivity index (χ0) is 39.7. The number of benzene rings is 4. The van der Waals surface area contributed by atoms with E-state index in [1.54, 1.807) is 60.7 Å². The minimum Gasteiger partial charge on any atom is -0.744 e. The summed E-state index contributed by atoms with van der Waals surface area (Å²) in [5.74, 6) is -0.727. The van der Waals surface area contributed by atoms with E-state index >= 15 is 0 Å². The number of aromatic amines is 1. The van der Waals surface area contributed by atoms with Crippen molar-refractivity contribution in [1.82, 2.24) is 39.9 Å². The third-order valence-electron chi connectivity index (χ3n) is 8.75. The molecule has 0 unspecified atom stereocenters. The number of hydrogen-bond donors (Lipinski definition) is 1. The fraction of sp³-hybridized carbons (Fsp3) is 0. The molecule has 0 amide bonds. The number of fused-ring (bicyclic) bond motifs is 20. The Balaban J connectivity index is 0.00000195. The number of nitrogens with one attached hydrogen (secondary N) is 1. The summed E-state index contributed by atoms with van der Waals surface area (Å²) in [6.07, 6.45) is 0. The molecule has 0 spiro atoms. The SMILES string of the molecule is O=S(=O)([O-])c1c(S(=O)(=O)[O-])c(S(=O)(=O)[O-])c2c3nc4nc(nc5[n-]c(nc6nc(nc([nH]3)c2c1S(=O)(=O)[O-])-c1ccccc1-6)c1ccccc51)-c1ccccc1-4.[Cu+2].[Cu+2].[Na+]. The summed E-state index contributed by atoms with van der Waals surface area (Å²) in [5, 5.41) is -1.68. The van der Waals surface area contributed by atoms with Crippen LogP contribution in [0, 0.1) is 0 Å². The molecule has 5 heterocycles. The molecule has 3 aromatic heterocycles. The zero-order valence-corrected chi connectivity index (χ0v) is 35.8. The molecule has 2 aliphatic rings. The molecule has 59 heavy (non-hydrogen) atoms. The predicted octanol–water partition coefficient (Wildman–Crippen LogP) is -0.886. The molecule has 8 bridgehead atoms. The summed E-state index contributed by atoms with van der Waals surface area (Å²) in [4.78, 5) is 24.3. The number of aromatic nitrogens is 8. The van der Waals surface area contributed by atoms with Crippen LogP contribution in [0.25, 0.3) is 89.7 Å². The third-order valence-corrected chi connectivity index (χ3v) is 12.8. The van der Waals surface area contributed by atoms with Gasteiger partial charge in [0.15, 0.2) is 11.6 Å². The Morgan fingerprint density at radius 3 is 1.02 bits per heavy atom. The Morgan fingerprint density at radius 2 is 0.712 bits per heavy atom. The van der Waals surface area contributed by atoms with Crippen molar-refractivity contribution < 1.29 is 116 Å². The van der Waals surface area contributed by atoms with Gasteiger partial charge in [-0.25, -0.2) is 53.6 Å². The molecule has 1 N–H and O–H groups in total. The van der Waals surface area contributed by atoms with Crippen molar-refractivity contribution in [2.75, 3.05) is 0 Å². The number of rotatable bonds is 4. The van der Waals surface area contributed by atoms with E-state index < -0.39 is 82.1 Å². The van der Waals surface area contributed by atoms with Crippen molar-refractivity contribution in [2.45, 2.75) is 19.6 Å². The van der Waals surface area contributed by atoms with Gasteiger partial charge in [-0.3, -0.25) is 0 Å². The summed E-state index contributed by atoms with van der Waals surface area (Å²) >= 11 is 0. The standard InChI is InChI=1S/C32H17N8O12S4.2Cu.Na/c41-53(42,43)21-19-20(22(54(44,45)46)24(56(50,51)52)23(21)55(47,48)49)32-39-30-18-12-6-4-10-16(18)28(37-30)35-26-14-8-2-1-7-13(14)25(33-26)34-27-15-9-3-5-11-17(15)29(36-27)38-31(19)40-32;;;/h1-12H,(H5-,33,34,35,36,37,38,39,40,41,42,43,44,45,46,47,48,49,50,51,52);;;/q-1;2*+2;+1/p-4. The molecule has 2 radical (unpaired) electrons. The molecule has 9 rings (SSSR count). The van der Waals surface area contributed by atoms with Crippen LogP contribution in [0.2, 0.25) is 0 Å². The first-order valence-corrected chi connectivity index (χ1v) is 21.1. The average molecular weight is 980 g/mol. The van der Waals surface area contributed by atoms with Crippen molar-refractivity contribution >= 4 is 84.6 Å². The van der Waals surface area contributed by atoms with Crippen molar-refractivity contribution in [1.29, 1.82) is 0 Å². The first-order valence-electron chi connectivity index (χ1n) is 15.4. The van der Waals surface area contributed by atoms with Gasteiger partial charge in [-0.1, -0.05) is 72.8 Å². The van der Waals surface area contributed by atoms with Crippen molar-refractivity contribution in [3.8, 4) is 45.6 Å². The van der Waals surface area contributed by atoms with Gasteiger partial charge in [0, 0.05) is 44.3 Å². The molecular formula is C32H13Cu2N8NaO12S4. The van der Waals surface area contributed by atoms with Crippen LogP contribution < -0.4 is 34.5 Å². The van der Waals surface area contributed by atoms with E-state index in [1.165, 1.54) is 12.1 Å². The number of hydrogen-bond acceptors (Lipinski definition) is 18. The summed E-state index contributed by atoms with van der Waals surface area (Å²) in [6.45, 7) is 0. The Hall–Kier alpha value is -4.08. The number of nitrogens with zero attached hydrogens (tertiary/aromatic N) is 7. The Kier molecular flexibility index (Phi) is 11.4. The summed E-state index contributed by atoms with van der Waals surface area (Å²) in [7, 11) is -26.0. The molecule has 0 saturated carbocycles. The molecule has 0 fully saturated rings. The second kappa shape index (κ2) is 15.1. The topological polar surface area (TPSA) is 336 Å². The van der Waals surface area contributed by atoms with Crippen LogP contribution in [0.15, 0.2) is 92.4 Å². The fourth-order valence-electron chi connectivity index (χ4n) is 6.65. The van der Waals surface area contributed by atoms with E-state index in [-0.39, 0.29) is 109 Å². The van der Waals surface area contributed by atoms with Gasteiger partial charge in [0.05, 0.1) is 31.2 Å². The maximum Gasteiger partial charge on any atom is 2.00 e. The van der Waals surface area contributed by atoms with Crippen LogP contribution in [0.4, 0.5) is 0 Å².